The molecule has 1 unspecified atom stereocenters. The molecule has 1 rings (SSSR count). The summed E-state index contributed by atoms with van der Waals surface area (Å²) in [5.41, 5.74) is -0.749. The van der Waals surface area contributed by atoms with Crippen LogP contribution in [0.1, 0.15) is 48.5 Å². The van der Waals surface area contributed by atoms with E-state index < -0.39 is 53.7 Å². The number of carbonyl (C=O) groups is 4. The number of hydrogen-bond donors (Lipinski definition) is 0. The highest BCUT2D eigenvalue weighted by Gasteiger charge is 2.53. The minimum atomic E-state index is -1.13. The molecule has 0 saturated carbocycles. The molecule has 0 amide bonds. The molecule has 0 radical (unpaired) electrons. The summed E-state index contributed by atoms with van der Waals surface area (Å²) in [4.78, 5) is 46.3. The van der Waals surface area contributed by atoms with E-state index in [2.05, 4.69) is 0 Å². The van der Waals surface area contributed by atoms with Crippen molar-refractivity contribution in [3.05, 3.63) is 0 Å². The third-order valence-electron chi connectivity index (χ3n) is 3.42. The van der Waals surface area contributed by atoms with Gasteiger partial charge in [-0.3, -0.25) is 19.2 Å². The van der Waals surface area contributed by atoms with E-state index in [-0.39, 0.29) is 11.4 Å². The summed E-state index contributed by atoms with van der Waals surface area (Å²) in [5.74, 6) is -2.45. The van der Waals surface area contributed by atoms with Gasteiger partial charge in [0, 0.05) is 32.4 Å². The minimum absolute atomic E-state index is 0.223. The number of rotatable bonds is 6. The predicted molar refractivity (Wildman–Crippen MR) is 99.3 cm³/mol. The van der Waals surface area contributed by atoms with Crippen LogP contribution < -0.4 is 0 Å². The van der Waals surface area contributed by atoms with Crippen molar-refractivity contribution in [2.24, 2.45) is 0 Å². The maximum Gasteiger partial charge on any atom is 0.303 e. The normalized spacial score (nSPS) is 27.5. The summed E-state index contributed by atoms with van der Waals surface area (Å²) < 4.78 is 26.8. The third-order valence-corrected chi connectivity index (χ3v) is 4.74. The lowest BCUT2D eigenvalue weighted by molar-refractivity contribution is -0.237. The molecule has 1 fully saturated rings. The van der Waals surface area contributed by atoms with Crippen molar-refractivity contribution in [1.82, 2.24) is 0 Å². The zero-order valence-electron chi connectivity index (χ0n) is 17.2. The standard InChI is InChI=1S/C18H28O9S/c1-9(19)23-8-13-14(24-10(2)20)15(25-11(3)21)16(26-12(4)22)17(27-13)28-18(5,6)7/h13-17H,8H2,1-7H3/t13?,14-,15+,16-,17+/m1/s1. The van der Waals surface area contributed by atoms with Gasteiger partial charge >= 0.3 is 23.9 Å². The fourth-order valence-electron chi connectivity index (χ4n) is 2.63. The SMILES string of the molecule is CC(=O)OCC1O[C@@H](SC(C)(C)C)[C@H](OC(C)=O)[C@@H](OC(C)=O)[C@@H]1OC(C)=O. The van der Waals surface area contributed by atoms with E-state index >= 15 is 0 Å². The minimum Gasteiger partial charge on any atom is -0.463 e. The molecule has 1 aliphatic rings. The van der Waals surface area contributed by atoms with Crippen LogP contribution in [-0.4, -0.2) is 65.1 Å². The number of thioether (sulfide) groups is 1. The van der Waals surface area contributed by atoms with Crippen molar-refractivity contribution in [3.8, 4) is 0 Å². The molecule has 0 aromatic carbocycles. The molecule has 0 aromatic rings. The second-order valence-electron chi connectivity index (χ2n) is 7.30. The van der Waals surface area contributed by atoms with Crippen LogP contribution in [0.5, 0.6) is 0 Å². The summed E-state index contributed by atoms with van der Waals surface area (Å²) in [6, 6.07) is 0. The molecule has 0 aromatic heterocycles. The van der Waals surface area contributed by atoms with Crippen LogP contribution in [0.3, 0.4) is 0 Å². The highest BCUT2D eigenvalue weighted by atomic mass is 32.2. The van der Waals surface area contributed by atoms with Gasteiger partial charge in [-0.05, 0) is 0 Å². The molecule has 9 nitrogen and oxygen atoms in total. The number of carbonyl (C=O) groups excluding carboxylic acids is 4. The highest BCUT2D eigenvalue weighted by Crippen LogP contribution is 2.39. The lowest BCUT2D eigenvalue weighted by atomic mass is 9.99. The summed E-state index contributed by atoms with van der Waals surface area (Å²) >= 11 is 1.35. The molecular weight excluding hydrogens is 392 g/mol. The summed E-state index contributed by atoms with van der Waals surface area (Å²) in [6.45, 7) is 10.4. The van der Waals surface area contributed by atoms with Crippen molar-refractivity contribution in [2.75, 3.05) is 6.61 Å². The Morgan fingerprint density at radius 3 is 1.68 bits per heavy atom. The van der Waals surface area contributed by atoms with E-state index in [1.54, 1.807) is 0 Å². The van der Waals surface area contributed by atoms with E-state index in [1.807, 2.05) is 20.8 Å². The molecule has 0 spiro atoms. The Morgan fingerprint density at radius 2 is 1.25 bits per heavy atom. The summed E-state index contributed by atoms with van der Waals surface area (Å²) in [5, 5.41) is 0. The first-order chi connectivity index (χ1) is 12.8. The van der Waals surface area contributed by atoms with Crippen LogP contribution in [0, 0.1) is 0 Å². The Kier molecular flexibility index (Phi) is 8.75. The Balaban J connectivity index is 3.33. The van der Waals surface area contributed by atoms with Gasteiger partial charge in [0.1, 0.15) is 18.1 Å². The average Bonchev–Trinajstić information content (AvgIpc) is 2.48. The molecule has 1 heterocycles. The van der Waals surface area contributed by atoms with Gasteiger partial charge in [0.15, 0.2) is 18.3 Å². The number of esters is 4. The topological polar surface area (TPSA) is 114 Å². The monoisotopic (exact) mass is 420 g/mol. The van der Waals surface area contributed by atoms with Crippen LogP contribution in [0.15, 0.2) is 0 Å². The second-order valence-corrected chi connectivity index (χ2v) is 9.22. The second kappa shape index (κ2) is 10.1. The molecule has 0 N–H and O–H groups in total. The molecular formula is C18H28O9S. The van der Waals surface area contributed by atoms with Crippen molar-refractivity contribution >= 4 is 35.6 Å². The third kappa shape index (κ3) is 8.05. The Bertz CT molecular complexity index is 598. The number of hydrogen-bond acceptors (Lipinski definition) is 10. The van der Waals surface area contributed by atoms with E-state index in [4.69, 9.17) is 23.7 Å². The molecule has 28 heavy (non-hydrogen) atoms. The zero-order valence-corrected chi connectivity index (χ0v) is 18.0. The maximum absolute atomic E-state index is 11.7. The zero-order chi connectivity index (χ0) is 21.6. The van der Waals surface area contributed by atoms with Crippen LogP contribution in [-0.2, 0) is 42.9 Å². The molecule has 5 atom stereocenters. The lowest BCUT2D eigenvalue weighted by Crippen LogP contribution is -2.62. The van der Waals surface area contributed by atoms with Crippen LogP contribution in [0.25, 0.3) is 0 Å². The lowest BCUT2D eigenvalue weighted by Gasteiger charge is -2.45. The molecule has 0 aliphatic carbocycles. The van der Waals surface area contributed by atoms with Gasteiger partial charge in [0.25, 0.3) is 0 Å². The quantitative estimate of drug-likeness (QED) is 0.463. The van der Waals surface area contributed by atoms with Crippen LogP contribution in [0.2, 0.25) is 0 Å². The van der Waals surface area contributed by atoms with Gasteiger partial charge in [-0.1, -0.05) is 20.8 Å². The van der Waals surface area contributed by atoms with Gasteiger partial charge in [-0.2, -0.15) is 0 Å². The van der Waals surface area contributed by atoms with Gasteiger partial charge in [0.05, 0.1) is 0 Å². The summed E-state index contributed by atoms with van der Waals surface area (Å²) in [7, 11) is 0. The van der Waals surface area contributed by atoms with Crippen LogP contribution in [0.4, 0.5) is 0 Å². The first-order valence-electron chi connectivity index (χ1n) is 8.78. The van der Waals surface area contributed by atoms with E-state index in [9.17, 15) is 19.2 Å². The van der Waals surface area contributed by atoms with E-state index in [0.717, 1.165) is 0 Å². The Morgan fingerprint density at radius 1 is 0.786 bits per heavy atom. The van der Waals surface area contributed by atoms with Crippen molar-refractivity contribution < 1.29 is 42.9 Å². The molecule has 0 bridgehead atoms. The van der Waals surface area contributed by atoms with Crippen molar-refractivity contribution in [2.45, 2.75) is 83.1 Å². The summed E-state index contributed by atoms with van der Waals surface area (Å²) in [6.07, 6.45) is -4.19. The van der Waals surface area contributed by atoms with E-state index in [1.165, 1.54) is 39.5 Å². The highest BCUT2D eigenvalue weighted by molar-refractivity contribution is 8.01. The average molecular weight is 420 g/mol. The number of ether oxygens (including phenoxy) is 5. The molecule has 160 valence electrons. The molecule has 10 heteroatoms. The fraction of sp³-hybridized carbons (Fsp3) is 0.778. The Labute approximate surface area is 168 Å². The Hall–Kier alpha value is -1.81. The predicted octanol–water partition coefficient (Wildman–Crippen LogP) is 1.60. The fourth-order valence-corrected chi connectivity index (χ4v) is 3.87. The van der Waals surface area contributed by atoms with Crippen molar-refractivity contribution in [1.29, 1.82) is 0 Å². The van der Waals surface area contributed by atoms with E-state index in [0.29, 0.717) is 0 Å². The van der Waals surface area contributed by atoms with Gasteiger partial charge in [0.2, 0.25) is 0 Å². The smallest absolute Gasteiger partial charge is 0.303 e. The molecule has 1 saturated heterocycles. The first-order valence-corrected chi connectivity index (χ1v) is 9.66. The van der Waals surface area contributed by atoms with Crippen molar-refractivity contribution in [3.63, 3.8) is 0 Å². The van der Waals surface area contributed by atoms with Gasteiger partial charge in [-0.25, -0.2) is 0 Å². The molecule has 1 aliphatic heterocycles. The van der Waals surface area contributed by atoms with Crippen LogP contribution >= 0.6 is 11.8 Å². The first kappa shape index (κ1) is 24.2. The maximum atomic E-state index is 11.7. The largest absolute Gasteiger partial charge is 0.463 e. The van der Waals surface area contributed by atoms with Gasteiger partial charge < -0.3 is 23.7 Å². The van der Waals surface area contributed by atoms with Gasteiger partial charge in [-0.15, -0.1) is 11.8 Å².